The highest BCUT2D eigenvalue weighted by atomic mass is 19.3. The second kappa shape index (κ2) is 6.95. The lowest BCUT2D eigenvalue weighted by Gasteiger charge is -2.16. The van der Waals surface area contributed by atoms with E-state index in [4.69, 9.17) is 0 Å². The zero-order valence-corrected chi connectivity index (χ0v) is 9.53. The maximum Gasteiger partial charge on any atom is 0.261 e. The molecule has 0 aromatic carbocycles. The SMILES string of the molecule is CN(Cc1cn[nH]c1)C(=O)CCOCC(F)F. The van der Waals surface area contributed by atoms with Crippen molar-refractivity contribution in [3.63, 3.8) is 0 Å². The molecule has 96 valence electrons. The smallest absolute Gasteiger partial charge is 0.261 e. The zero-order valence-electron chi connectivity index (χ0n) is 9.53. The van der Waals surface area contributed by atoms with E-state index in [9.17, 15) is 13.6 Å². The Bertz CT molecular complexity index is 330. The van der Waals surface area contributed by atoms with Crippen LogP contribution in [-0.2, 0) is 16.1 Å². The number of hydrogen-bond acceptors (Lipinski definition) is 3. The van der Waals surface area contributed by atoms with E-state index in [2.05, 4.69) is 14.9 Å². The molecule has 0 aliphatic carbocycles. The van der Waals surface area contributed by atoms with Crippen LogP contribution in [0.4, 0.5) is 8.78 Å². The van der Waals surface area contributed by atoms with E-state index >= 15 is 0 Å². The van der Waals surface area contributed by atoms with Crippen molar-refractivity contribution < 1.29 is 18.3 Å². The van der Waals surface area contributed by atoms with Gasteiger partial charge in [-0.25, -0.2) is 8.78 Å². The highest BCUT2D eigenvalue weighted by Gasteiger charge is 2.10. The maximum atomic E-state index is 11.7. The van der Waals surface area contributed by atoms with Gasteiger partial charge in [-0.15, -0.1) is 0 Å². The summed E-state index contributed by atoms with van der Waals surface area (Å²) in [6, 6.07) is 0. The average Bonchev–Trinajstić information content (AvgIpc) is 2.76. The molecule has 1 amide bonds. The molecule has 0 aliphatic heterocycles. The normalized spacial score (nSPS) is 10.8. The number of hydrogen-bond donors (Lipinski definition) is 1. The number of nitrogens with zero attached hydrogens (tertiary/aromatic N) is 2. The van der Waals surface area contributed by atoms with Crippen molar-refractivity contribution in [1.82, 2.24) is 15.1 Å². The number of nitrogens with one attached hydrogen (secondary N) is 1. The van der Waals surface area contributed by atoms with Crippen LogP contribution in [0.1, 0.15) is 12.0 Å². The van der Waals surface area contributed by atoms with E-state index in [-0.39, 0.29) is 18.9 Å². The number of alkyl halides is 2. The first-order chi connectivity index (χ1) is 8.09. The van der Waals surface area contributed by atoms with E-state index in [1.165, 1.54) is 4.90 Å². The van der Waals surface area contributed by atoms with Gasteiger partial charge in [-0.2, -0.15) is 5.10 Å². The van der Waals surface area contributed by atoms with Crippen LogP contribution in [0, 0.1) is 0 Å². The second-order valence-electron chi connectivity index (χ2n) is 3.57. The number of aromatic amines is 1. The first kappa shape index (κ1) is 13.6. The molecule has 0 bridgehead atoms. The summed E-state index contributed by atoms with van der Waals surface area (Å²) in [5, 5.41) is 6.40. The molecule has 0 atom stereocenters. The molecule has 7 heteroatoms. The molecule has 0 unspecified atom stereocenters. The summed E-state index contributed by atoms with van der Waals surface area (Å²) in [6.07, 6.45) is 0.920. The van der Waals surface area contributed by atoms with Crippen LogP contribution in [0.5, 0.6) is 0 Å². The Hall–Kier alpha value is -1.50. The summed E-state index contributed by atoms with van der Waals surface area (Å²) < 4.78 is 28.1. The Kier molecular flexibility index (Phi) is 5.55. The highest BCUT2D eigenvalue weighted by Crippen LogP contribution is 2.02. The lowest BCUT2D eigenvalue weighted by atomic mass is 10.3. The molecule has 0 radical (unpaired) electrons. The number of rotatable bonds is 7. The van der Waals surface area contributed by atoms with Crippen molar-refractivity contribution >= 4 is 5.91 Å². The van der Waals surface area contributed by atoms with Gasteiger partial charge < -0.3 is 9.64 Å². The number of halogens is 2. The third-order valence-electron chi connectivity index (χ3n) is 2.10. The summed E-state index contributed by atoms with van der Waals surface area (Å²) in [7, 11) is 1.64. The molecule has 1 aromatic rings. The van der Waals surface area contributed by atoms with E-state index in [0.717, 1.165) is 5.56 Å². The average molecular weight is 247 g/mol. The van der Waals surface area contributed by atoms with E-state index in [1.807, 2.05) is 0 Å². The third kappa shape index (κ3) is 5.39. The van der Waals surface area contributed by atoms with Crippen LogP contribution in [0.3, 0.4) is 0 Å². The summed E-state index contributed by atoms with van der Waals surface area (Å²) in [6.45, 7) is -0.179. The lowest BCUT2D eigenvalue weighted by Crippen LogP contribution is -2.27. The number of H-pyrrole nitrogens is 1. The largest absolute Gasteiger partial charge is 0.375 e. The Balaban J connectivity index is 2.18. The van der Waals surface area contributed by atoms with E-state index in [0.29, 0.717) is 6.54 Å². The topological polar surface area (TPSA) is 58.2 Å². The number of ether oxygens (including phenoxy) is 1. The number of carbonyl (C=O) groups is 1. The molecule has 0 spiro atoms. The molecule has 0 aliphatic rings. The fraction of sp³-hybridized carbons (Fsp3) is 0.600. The van der Waals surface area contributed by atoms with Gasteiger partial charge in [0.15, 0.2) is 0 Å². The van der Waals surface area contributed by atoms with Crippen LogP contribution >= 0.6 is 0 Å². The van der Waals surface area contributed by atoms with Crippen molar-refractivity contribution in [3.8, 4) is 0 Å². The lowest BCUT2D eigenvalue weighted by molar-refractivity contribution is -0.132. The summed E-state index contributed by atoms with van der Waals surface area (Å²) in [5.74, 6) is -0.152. The van der Waals surface area contributed by atoms with Gasteiger partial charge >= 0.3 is 0 Å². The molecule has 1 aromatic heterocycles. The summed E-state index contributed by atoms with van der Waals surface area (Å²) in [5.41, 5.74) is 0.884. The quantitative estimate of drug-likeness (QED) is 0.732. The standard InChI is InChI=1S/C10H15F2N3O2/c1-15(6-8-4-13-14-5-8)10(16)2-3-17-7-9(11)12/h4-5,9H,2-3,6-7H2,1H3,(H,13,14). The van der Waals surface area contributed by atoms with Crippen molar-refractivity contribution in [2.24, 2.45) is 0 Å². The molecule has 0 saturated carbocycles. The fourth-order valence-electron chi connectivity index (χ4n) is 1.25. The van der Waals surface area contributed by atoms with E-state index < -0.39 is 13.0 Å². The molecule has 0 fully saturated rings. The van der Waals surface area contributed by atoms with Gasteiger partial charge in [0.25, 0.3) is 6.43 Å². The molecule has 1 rings (SSSR count). The minimum Gasteiger partial charge on any atom is -0.375 e. The molecule has 1 heterocycles. The molecule has 5 nitrogen and oxygen atoms in total. The van der Waals surface area contributed by atoms with E-state index in [1.54, 1.807) is 19.4 Å². The van der Waals surface area contributed by atoms with Gasteiger partial charge in [0.05, 0.1) is 19.2 Å². The molecule has 0 saturated heterocycles. The molecule has 1 N–H and O–H groups in total. The minimum atomic E-state index is -2.49. The first-order valence-electron chi connectivity index (χ1n) is 5.17. The first-order valence-corrected chi connectivity index (χ1v) is 5.17. The Morgan fingerprint density at radius 3 is 3.00 bits per heavy atom. The van der Waals surface area contributed by atoms with Gasteiger partial charge in [0, 0.05) is 25.4 Å². The van der Waals surface area contributed by atoms with Crippen molar-refractivity contribution in [2.75, 3.05) is 20.3 Å². The van der Waals surface area contributed by atoms with Crippen LogP contribution < -0.4 is 0 Å². The number of amides is 1. The second-order valence-corrected chi connectivity index (χ2v) is 3.57. The van der Waals surface area contributed by atoms with Crippen LogP contribution in [-0.4, -0.2) is 47.7 Å². The van der Waals surface area contributed by atoms with Crippen molar-refractivity contribution in [2.45, 2.75) is 19.4 Å². The molecular formula is C10H15F2N3O2. The predicted octanol–water partition coefficient (Wildman–Crippen LogP) is 1.04. The van der Waals surface area contributed by atoms with Gasteiger partial charge in [-0.1, -0.05) is 0 Å². The number of carbonyl (C=O) groups excluding carboxylic acids is 1. The predicted molar refractivity (Wildman–Crippen MR) is 56.5 cm³/mol. The number of aromatic nitrogens is 2. The maximum absolute atomic E-state index is 11.7. The van der Waals surface area contributed by atoms with Crippen LogP contribution in [0.25, 0.3) is 0 Å². The Labute approximate surface area is 97.7 Å². The monoisotopic (exact) mass is 247 g/mol. The van der Waals surface area contributed by atoms with Gasteiger partial charge in [0.2, 0.25) is 5.91 Å². The summed E-state index contributed by atoms with van der Waals surface area (Å²) >= 11 is 0. The third-order valence-corrected chi connectivity index (χ3v) is 2.10. The Morgan fingerprint density at radius 2 is 2.41 bits per heavy atom. The van der Waals surface area contributed by atoms with Crippen LogP contribution in [0.2, 0.25) is 0 Å². The van der Waals surface area contributed by atoms with Crippen molar-refractivity contribution in [1.29, 1.82) is 0 Å². The minimum absolute atomic E-state index is 0.0128. The summed E-state index contributed by atoms with van der Waals surface area (Å²) in [4.78, 5) is 13.0. The Morgan fingerprint density at radius 1 is 1.65 bits per heavy atom. The molecular weight excluding hydrogens is 232 g/mol. The zero-order chi connectivity index (χ0) is 12.7. The van der Waals surface area contributed by atoms with Gasteiger partial charge in [0.1, 0.15) is 6.61 Å². The van der Waals surface area contributed by atoms with Gasteiger partial charge in [-0.05, 0) is 0 Å². The van der Waals surface area contributed by atoms with Gasteiger partial charge in [-0.3, -0.25) is 9.89 Å². The van der Waals surface area contributed by atoms with Crippen LogP contribution in [0.15, 0.2) is 12.4 Å². The fourth-order valence-corrected chi connectivity index (χ4v) is 1.25. The highest BCUT2D eigenvalue weighted by molar-refractivity contribution is 5.75. The molecule has 17 heavy (non-hydrogen) atoms. The van der Waals surface area contributed by atoms with Crippen molar-refractivity contribution in [3.05, 3.63) is 18.0 Å².